The van der Waals surface area contributed by atoms with Crippen molar-refractivity contribution in [3.05, 3.63) is 34.2 Å². The normalized spacial score (nSPS) is 10.1. The second kappa shape index (κ2) is 4.46. The lowest BCUT2D eigenvalue weighted by molar-refractivity contribution is 1.34. The predicted molar refractivity (Wildman–Crippen MR) is 49.4 cm³/mol. The molecular formula is C7H6ClN3O. The maximum absolute atomic E-state index is 9.59. The minimum Gasteiger partial charge on any atom is -0.277 e. The van der Waals surface area contributed by atoms with Crippen LogP contribution in [0.25, 0.3) is 0 Å². The van der Waals surface area contributed by atoms with E-state index in [1.54, 1.807) is 24.3 Å². The van der Waals surface area contributed by atoms with Crippen molar-refractivity contribution in [2.24, 2.45) is 10.3 Å². The fourth-order valence-electron chi connectivity index (χ4n) is 0.651. The van der Waals surface area contributed by atoms with Gasteiger partial charge in [0.05, 0.1) is 5.69 Å². The highest BCUT2D eigenvalue weighted by Crippen LogP contribution is 2.12. The minimum absolute atomic E-state index is 0.651. The molecule has 0 aliphatic carbocycles. The third-order valence-corrected chi connectivity index (χ3v) is 1.39. The Labute approximate surface area is 74.2 Å². The van der Waals surface area contributed by atoms with Gasteiger partial charge >= 0.3 is 0 Å². The standard InChI is InChI=1S/C7H6ClN3O/c8-6-1-3-7(4-2-6)11-9-5-10-12/h1-5,11H/b9-5+. The minimum atomic E-state index is 0.651. The van der Waals surface area contributed by atoms with Crippen LogP contribution in [0.3, 0.4) is 0 Å². The van der Waals surface area contributed by atoms with Crippen LogP contribution < -0.4 is 5.43 Å². The Morgan fingerprint density at radius 1 is 1.33 bits per heavy atom. The summed E-state index contributed by atoms with van der Waals surface area (Å²) in [5.74, 6) is 0. The lowest BCUT2D eigenvalue weighted by Gasteiger charge is -1.97. The molecule has 12 heavy (non-hydrogen) atoms. The summed E-state index contributed by atoms with van der Waals surface area (Å²) in [5.41, 5.74) is 3.34. The topological polar surface area (TPSA) is 53.8 Å². The van der Waals surface area contributed by atoms with Crippen LogP contribution in [0.1, 0.15) is 0 Å². The molecular weight excluding hydrogens is 178 g/mol. The molecule has 1 aromatic rings. The molecule has 0 aromatic heterocycles. The van der Waals surface area contributed by atoms with Crippen molar-refractivity contribution in [3.63, 3.8) is 0 Å². The van der Waals surface area contributed by atoms with E-state index in [0.29, 0.717) is 5.02 Å². The molecule has 0 bridgehead atoms. The Bertz CT molecular complexity index is 283. The van der Waals surface area contributed by atoms with Gasteiger partial charge in [0, 0.05) is 5.02 Å². The average molecular weight is 184 g/mol. The molecule has 0 atom stereocenters. The van der Waals surface area contributed by atoms with E-state index in [4.69, 9.17) is 11.6 Å². The zero-order valence-electron chi connectivity index (χ0n) is 6.07. The molecule has 0 radical (unpaired) electrons. The maximum atomic E-state index is 9.59. The Kier molecular flexibility index (Phi) is 3.22. The summed E-state index contributed by atoms with van der Waals surface area (Å²) in [6, 6.07) is 6.91. The molecule has 0 saturated heterocycles. The van der Waals surface area contributed by atoms with Crippen LogP contribution in [0.5, 0.6) is 0 Å². The van der Waals surface area contributed by atoms with Gasteiger partial charge in [0.2, 0.25) is 0 Å². The van der Waals surface area contributed by atoms with Gasteiger partial charge in [-0.25, -0.2) is 0 Å². The van der Waals surface area contributed by atoms with Crippen molar-refractivity contribution < 1.29 is 0 Å². The average Bonchev–Trinajstić information content (AvgIpc) is 2.09. The van der Waals surface area contributed by atoms with Gasteiger partial charge in [0.25, 0.3) is 0 Å². The van der Waals surface area contributed by atoms with E-state index in [-0.39, 0.29) is 0 Å². The number of benzene rings is 1. The molecule has 1 N–H and O–H groups in total. The highest BCUT2D eigenvalue weighted by atomic mass is 35.5. The maximum Gasteiger partial charge on any atom is 0.180 e. The summed E-state index contributed by atoms with van der Waals surface area (Å²) in [6.07, 6.45) is 0.884. The Morgan fingerprint density at radius 3 is 2.58 bits per heavy atom. The van der Waals surface area contributed by atoms with Crippen LogP contribution in [0.2, 0.25) is 5.02 Å². The summed E-state index contributed by atoms with van der Waals surface area (Å²) in [5, 5.41) is 6.58. The molecule has 0 amide bonds. The highest BCUT2D eigenvalue weighted by Gasteiger charge is 1.88. The summed E-state index contributed by atoms with van der Waals surface area (Å²) in [4.78, 5) is 9.59. The van der Waals surface area contributed by atoms with Gasteiger partial charge in [-0.2, -0.15) is 5.10 Å². The third kappa shape index (κ3) is 2.67. The third-order valence-electron chi connectivity index (χ3n) is 1.14. The van der Waals surface area contributed by atoms with E-state index in [1.807, 2.05) is 0 Å². The van der Waals surface area contributed by atoms with Crippen molar-refractivity contribution >= 4 is 23.6 Å². The van der Waals surface area contributed by atoms with E-state index in [2.05, 4.69) is 15.7 Å². The first-order chi connectivity index (χ1) is 5.83. The number of hydrogen-bond donors (Lipinski definition) is 1. The molecule has 0 fully saturated rings. The van der Waals surface area contributed by atoms with E-state index < -0.39 is 0 Å². The predicted octanol–water partition coefficient (Wildman–Crippen LogP) is 2.46. The summed E-state index contributed by atoms with van der Waals surface area (Å²) in [6.45, 7) is 0. The fourth-order valence-corrected chi connectivity index (χ4v) is 0.777. The number of anilines is 1. The van der Waals surface area contributed by atoms with Crippen LogP contribution in [0.4, 0.5) is 5.69 Å². The molecule has 0 spiro atoms. The monoisotopic (exact) mass is 183 g/mol. The SMILES string of the molecule is O=N/C=N/Nc1ccc(Cl)cc1. The largest absolute Gasteiger partial charge is 0.277 e. The van der Waals surface area contributed by atoms with Crippen molar-refractivity contribution in [1.82, 2.24) is 0 Å². The number of hydrazone groups is 1. The van der Waals surface area contributed by atoms with Gasteiger partial charge in [0.15, 0.2) is 6.34 Å². The lowest BCUT2D eigenvalue weighted by atomic mass is 10.3. The van der Waals surface area contributed by atoms with E-state index in [0.717, 1.165) is 12.0 Å². The highest BCUT2D eigenvalue weighted by molar-refractivity contribution is 6.30. The first-order valence-corrected chi connectivity index (χ1v) is 3.56. The van der Waals surface area contributed by atoms with Gasteiger partial charge in [0.1, 0.15) is 0 Å². The van der Waals surface area contributed by atoms with Crippen molar-refractivity contribution in [1.29, 1.82) is 0 Å². The van der Waals surface area contributed by atoms with E-state index in [1.165, 1.54) is 0 Å². The molecule has 0 aliphatic rings. The van der Waals surface area contributed by atoms with Crippen molar-refractivity contribution in [3.8, 4) is 0 Å². The number of halogens is 1. The summed E-state index contributed by atoms with van der Waals surface area (Å²) < 4.78 is 0. The van der Waals surface area contributed by atoms with Gasteiger partial charge in [-0.05, 0) is 29.4 Å². The molecule has 1 aromatic carbocycles. The second-order valence-electron chi connectivity index (χ2n) is 1.97. The number of rotatable bonds is 3. The number of nitrogens with zero attached hydrogens (tertiary/aromatic N) is 2. The molecule has 1 rings (SSSR count). The fraction of sp³-hybridized carbons (Fsp3) is 0. The van der Waals surface area contributed by atoms with Crippen LogP contribution in [-0.2, 0) is 0 Å². The van der Waals surface area contributed by atoms with E-state index >= 15 is 0 Å². The number of hydrogen-bond acceptors (Lipinski definition) is 3. The Balaban J connectivity index is 2.58. The molecule has 0 unspecified atom stereocenters. The van der Waals surface area contributed by atoms with Crippen LogP contribution in [0, 0.1) is 4.91 Å². The molecule has 5 heteroatoms. The Hall–Kier alpha value is -1.42. The molecule has 4 nitrogen and oxygen atoms in total. The van der Waals surface area contributed by atoms with Gasteiger partial charge in [-0.15, -0.1) is 4.91 Å². The van der Waals surface area contributed by atoms with Gasteiger partial charge < -0.3 is 0 Å². The first kappa shape index (κ1) is 8.67. The van der Waals surface area contributed by atoms with Crippen molar-refractivity contribution in [2.75, 3.05) is 5.43 Å². The smallest absolute Gasteiger partial charge is 0.180 e. The first-order valence-electron chi connectivity index (χ1n) is 3.18. The van der Waals surface area contributed by atoms with Crippen molar-refractivity contribution in [2.45, 2.75) is 0 Å². The number of nitrogens with one attached hydrogen (secondary N) is 1. The summed E-state index contributed by atoms with van der Waals surface area (Å²) in [7, 11) is 0. The van der Waals surface area contributed by atoms with Gasteiger partial charge in [-0.1, -0.05) is 11.6 Å². The lowest BCUT2D eigenvalue weighted by Crippen LogP contribution is -1.86. The Morgan fingerprint density at radius 2 is 2.00 bits per heavy atom. The second-order valence-corrected chi connectivity index (χ2v) is 2.41. The quantitative estimate of drug-likeness (QED) is 0.339. The van der Waals surface area contributed by atoms with Crippen LogP contribution in [0.15, 0.2) is 34.5 Å². The number of nitroso groups, excluding NO2 is 1. The van der Waals surface area contributed by atoms with Crippen LogP contribution in [-0.4, -0.2) is 6.34 Å². The molecule has 62 valence electrons. The van der Waals surface area contributed by atoms with Crippen LogP contribution >= 0.6 is 11.6 Å². The molecule has 0 aliphatic heterocycles. The molecule has 0 saturated carbocycles. The van der Waals surface area contributed by atoms with E-state index in [9.17, 15) is 4.91 Å². The van der Waals surface area contributed by atoms with Gasteiger partial charge in [-0.3, -0.25) is 5.43 Å². The zero-order valence-corrected chi connectivity index (χ0v) is 6.82. The zero-order chi connectivity index (χ0) is 8.81. The molecule has 0 heterocycles. The summed E-state index contributed by atoms with van der Waals surface area (Å²) >= 11 is 5.64.